The number of carbonyl (C=O) groups is 1. The van der Waals surface area contributed by atoms with Crippen molar-refractivity contribution in [3.8, 4) is 11.5 Å². The van der Waals surface area contributed by atoms with Gasteiger partial charge in [-0.3, -0.25) is 4.79 Å². The van der Waals surface area contributed by atoms with E-state index in [-0.39, 0.29) is 0 Å². The zero-order valence-electron chi connectivity index (χ0n) is 13.6. The number of methoxy groups -OCH3 is 1. The summed E-state index contributed by atoms with van der Waals surface area (Å²) >= 11 is 0. The van der Waals surface area contributed by atoms with Gasteiger partial charge in [0.25, 0.3) is 0 Å². The van der Waals surface area contributed by atoms with Crippen molar-refractivity contribution in [3.63, 3.8) is 0 Å². The van der Waals surface area contributed by atoms with E-state index >= 15 is 0 Å². The van der Waals surface area contributed by atoms with E-state index in [0.29, 0.717) is 36.9 Å². The fourth-order valence-corrected chi connectivity index (χ4v) is 2.14. The largest absolute Gasteiger partial charge is 0.496 e. The van der Waals surface area contributed by atoms with Crippen LogP contribution in [0.4, 0.5) is 0 Å². The van der Waals surface area contributed by atoms with Crippen molar-refractivity contribution in [1.29, 1.82) is 0 Å². The number of hydrogen-bond donors (Lipinski definition) is 0. The van der Waals surface area contributed by atoms with Gasteiger partial charge in [0.2, 0.25) is 0 Å². The van der Waals surface area contributed by atoms with Gasteiger partial charge < -0.3 is 14.2 Å². The molecule has 2 aromatic rings. The van der Waals surface area contributed by atoms with Crippen molar-refractivity contribution < 1.29 is 19.0 Å². The summed E-state index contributed by atoms with van der Waals surface area (Å²) in [7, 11) is 1.53. The highest BCUT2D eigenvalue weighted by molar-refractivity contribution is 5.79. The first-order chi connectivity index (χ1) is 11.2. The molecule has 122 valence electrons. The second-order valence-electron chi connectivity index (χ2n) is 5.22. The molecule has 0 heterocycles. The number of benzene rings is 2. The Morgan fingerprint density at radius 3 is 2.48 bits per heavy atom. The van der Waals surface area contributed by atoms with Crippen molar-refractivity contribution in [1.82, 2.24) is 0 Å². The highest BCUT2D eigenvalue weighted by Crippen LogP contribution is 2.23. The summed E-state index contributed by atoms with van der Waals surface area (Å²) in [6.45, 7) is 3.72. The standard InChI is InChI=1S/C19H22O4/c1-15-3-5-16(6-4-15)9-10-22-11-12-23-18-8-7-17(14-20)19(13-18)21-2/h3-8,13-14H,9-12H2,1-2H3. The molecule has 0 aliphatic heterocycles. The van der Waals surface area contributed by atoms with E-state index in [1.807, 2.05) is 0 Å². The third-order valence-corrected chi connectivity index (χ3v) is 3.48. The molecule has 23 heavy (non-hydrogen) atoms. The lowest BCUT2D eigenvalue weighted by atomic mass is 10.1. The van der Waals surface area contributed by atoms with Crippen LogP contribution >= 0.6 is 0 Å². The van der Waals surface area contributed by atoms with E-state index < -0.39 is 0 Å². The predicted octanol–water partition coefficient (Wildman–Crippen LogP) is 3.45. The van der Waals surface area contributed by atoms with E-state index in [4.69, 9.17) is 14.2 Å². The Morgan fingerprint density at radius 1 is 1.00 bits per heavy atom. The third kappa shape index (κ3) is 5.42. The van der Waals surface area contributed by atoms with Gasteiger partial charge in [-0.05, 0) is 31.0 Å². The maximum Gasteiger partial charge on any atom is 0.153 e. The van der Waals surface area contributed by atoms with E-state index in [2.05, 4.69) is 31.2 Å². The number of ether oxygens (including phenoxy) is 3. The van der Waals surface area contributed by atoms with E-state index in [1.54, 1.807) is 18.2 Å². The molecule has 4 heteroatoms. The minimum absolute atomic E-state index is 0.456. The van der Waals surface area contributed by atoms with Gasteiger partial charge in [-0.25, -0.2) is 0 Å². The maximum absolute atomic E-state index is 10.8. The Labute approximate surface area is 137 Å². The maximum atomic E-state index is 10.8. The number of aryl methyl sites for hydroxylation is 1. The van der Waals surface area contributed by atoms with Crippen LogP contribution in [0, 0.1) is 6.92 Å². The topological polar surface area (TPSA) is 44.8 Å². The molecule has 2 rings (SSSR count). The van der Waals surface area contributed by atoms with E-state index in [9.17, 15) is 4.79 Å². The predicted molar refractivity (Wildman–Crippen MR) is 89.6 cm³/mol. The molecule has 0 spiro atoms. The first kappa shape index (κ1) is 17.0. The lowest BCUT2D eigenvalue weighted by Gasteiger charge is -2.10. The average molecular weight is 314 g/mol. The fraction of sp³-hybridized carbons (Fsp3) is 0.316. The summed E-state index contributed by atoms with van der Waals surface area (Å²) in [5.74, 6) is 1.17. The lowest BCUT2D eigenvalue weighted by molar-refractivity contribution is 0.102. The summed E-state index contributed by atoms with van der Waals surface area (Å²) in [5.41, 5.74) is 3.04. The average Bonchev–Trinajstić information content (AvgIpc) is 2.59. The number of aldehydes is 1. The second-order valence-corrected chi connectivity index (χ2v) is 5.22. The molecule has 0 saturated heterocycles. The number of hydrogen-bond acceptors (Lipinski definition) is 4. The molecule has 0 saturated carbocycles. The first-order valence-corrected chi connectivity index (χ1v) is 7.62. The lowest BCUT2D eigenvalue weighted by Crippen LogP contribution is -2.09. The van der Waals surface area contributed by atoms with Gasteiger partial charge in [0.15, 0.2) is 6.29 Å². The van der Waals surface area contributed by atoms with E-state index in [1.165, 1.54) is 18.2 Å². The fourth-order valence-electron chi connectivity index (χ4n) is 2.14. The van der Waals surface area contributed by atoms with Crippen LogP contribution in [-0.4, -0.2) is 33.2 Å². The van der Waals surface area contributed by atoms with Gasteiger partial charge in [-0.2, -0.15) is 0 Å². The Kier molecular flexibility index (Phi) is 6.63. The molecule has 0 unspecified atom stereocenters. The summed E-state index contributed by atoms with van der Waals surface area (Å²) in [4.78, 5) is 10.8. The second kappa shape index (κ2) is 8.96. The molecule has 0 amide bonds. The van der Waals surface area contributed by atoms with Crippen LogP contribution < -0.4 is 9.47 Å². The molecular weight excluding hydrogens is 292 g/mol. The Balaban J connectivity index is 1.67. The highest BCUT2D eigenvalue weighted by atomic mass is 16.5. The van der Waals surface area contributed by atoms with Gasteiger partial charge in [0, 0.05) is 6.07 Å². The Hall–Kier alpha value is -2.33. The molecule has 0 atom stereocenters. The molecule has 2 aromatic carbocycles. The summed E-state index contributed by atoms with van der Waals surface area (Å²) in [6.07, 6.45) is 1.65. The zero-order valence-corrected chi connectivity index (χ0v) is 13.6. The first-order valence-electron chi connectivity index (χ1n) is 7.62. The van der Waals surface area contributed by atoms with Crippen LogP contribution in [0.2, 0.25) is 0 Å². The highest BCUT2D eigenvalue weighted by Gasteiger charge is 2.04. The third-order valence-electron chi connectivity index (χ3n) is 3.48. The SMILES string of the molecule is COc1cc(OCCOCCc2ccc(C)cc2)ccc1C=O. The van der Waals surface area contributed by atoms with Crippen molar-refractivity contribution in [3.05, 3.63) is 59.2 Å². The van der Waals surface area contributed by atoms with Gasteiger partial charge >= 0.3 is 0 Å². The monoisotopic (exact) mass is 314 g/mol. The Bertz CT molecular complexity index is 620. The van der Waals surface area contributed by atoms with E-state index in [0.717, 1.165) is 12.7 Å². The van der Waals surface area contributed by atoms with Crippen LogP contribution in [0.15, 0.2) is 42.5 Å². The summed E-state index contributed by atoms with van der Waals surface area (Å²) < 4.78 is 16.3. The minimum Gasteiger partial charge on any atom is -0.496 e. The smallest absolute Gasteiger partial charge is 0.153 e. The Morgan fingerprint density at radius 2 is 1.78 bits per heavy atom. The van der Waals surface area contributed by atoms with Crippen LogP contribution in [-0.2, 0) is 11.2 Å². The number of carbonyl (C=O) groups excluding carboxylic acids is 1. The quantitative estimate of drug-likeness (QED) is 0.525. The molecule has 4 nitrogen and oxygen atoms in total. The van der Waals surface area contributed by atoms with Crippen molar-refractivity contribution >= 4 is 6.29 Å². The summed E-state index contributed by atoms with van der Waals surface area (Å²) in [6, 6.07) is 13.6. The van der Waals surface area contributed by atoms with Crippen LogP contribution in [0.25, 0.3) is 0 Å². The normalized spacial score (nSPS) is 10.3. The van der Waals surface area contributed by atoms with Gasteiger partial charge in [-0.15, -0.1) is 0 Å². The van der Waals surface area contributed by atoms with Gasteiger partial charge in [-0.1, -0.05) is 29.8 Å². The van der Waals surface area contributed by atoms with Crippen LogP contribution in [0.5, 0.6) is 11.5 Å². The minimum atomic E-state index is 0.456. The van der Waals surface area contributed by atoms with Gasteiger partial charge in [0.05, 0.1) is 25.9 Å². The number of rotatable bonds is 9. The molecule has 0 bridgehead atoms. The zero-order chi connectivity index (χ0) is 16.5. The molecule has 0 N–H and O–H groups in total. The van der Waals surface area contributed by atoms with Crippen molar-refractivity contribution in [2.75, 3.05) is 26.9 Å². The van der Waals surface area contributed by atoms with Crippen molar-refractivity contribution in [2.24, 2.45) is 0 Å². The van der Waals surface area contributed by atoms with Crippen molar-refractivity contribution in [2.45, 2.75) is 13.3 Å². The van der Waals surface area contributed by atoms with Crippen LogP contribution in [0.3, 0.4) is 0 Å². The molecule has 0 fully saturated rings. The molecule has 0 aliphatic carbocycles. The molecule has 0 aliphatic rings. The molecular formula is C19H22O4. The molecule has 0 radical (unpaired) electrons. The summed E-state index contributed by atoms with van der Waals surface area (Å²) in [5, 5.41) is 0. The van der Waals surface area contributed by atoms with Gasteiger partial charge in [0.1, 0.15) is 18.1 Å². The van der Waals surface area contributed by atoms with Crippen LogP contribution in [0.1, 0.15) is 21.5 Å². The molecule has 0 aromatic heterocycles.